The third-order valence-corrected chi connectivity index (χ3v) is 8.06. The number of nitrogens with one attached hydrogen (secondary N) is 3. The summed E-state index contributed by atoms with van der Waals surface area (Å²) in [5, 5.41) is 17.5. The van der Waals surface area contributed by atoms with Crippen LogP contribution in [0.25, 0.3) is 16.9 Å². The highest BCUT2D eigenvalue weighted by Gasteiger charge is 2.32. The maximum absolute atomic E-state index is 13.7. The van der Waals surface area contributed by atoms with Gasteiger partial charge in [-0.05, 0) is 55.2 Å². The van der Waals surface area contributed by atoms with Crippen LogP contribution in [0.5, 0.6) is 0 Å². The van der Waals surface area contributed by atoms with Gasteiger partial charge >= 0.3 is 18.4 Å². The molecule has 1 aliphatic heterocycles. The standard InChI is InChI=1S/C30H32Cl2N8O4.C3H3F3O2/c1-44-30(43)34-13-11-23-29(42)33-12-4-2-3-8-25(19-6-5-7-21(14-19)36-23)39-18-35-24(16-28(39)41)22-15-20(31)9-10-26(22)40-17-27(32)37-38-40;1-2(7)8-3(4,5)6/h5-7,9-10,14-18,23,25,36H,2-4,8,11-13H2,1H3,(H,33,42)(H,34,43);1H3/t23-,25+;/m1./s1. The van der Waals surface area contributed by atoms with Gasteiger partial charge in [-0.1, -0.05) is 53.4 Å². The number of carbonyl (C=O) groups is 3. The van der Waals surface area contributed by atoms with E-state index >= 15 is 0 Å². The molecule has 2 atom stereocenters. The van der Waals surface area contributed by atoms with Crippen LogP contribution in [-0.4, -0.2) is 75.1 Å². The fourth-order valence-corrected chi connectivity index (χ4v) is 5.66. The summed E-state index contributed by atoms with van der Waals surface area (Å²) < 4.78 is 43.2. The first kappa shape index (κ1) is 39.6. The number of esters is 1. The number of aromatic nitrogens is 5. The lowest BCUT2D eigenvalue weighted by molar-refractivity contribution is -0.304. The fourth-order valence-electron chi connectivity index (χ4n) is 5.37. The second kappa shape index (κ2) is 18.4. The van der Waals surface area contributed by atoms with Gasteiger partial charge in [0.25, 0.3) is 5.56 Å². The van der Waals surface area contributed by atoms with E-state index in [0.717, 1.165) is 30.5 Å². The first-order valence-corrected chi connectivity index (χ1v) is 16.7. The van der Waals surface area contributed by atoms with Gasteiger partial charge in [0.2, 0.25) is 5.91 Å². The number of hydrogen-bond donors (Lipinski definition) is 3. The number of alkyl halides is 3. The molecule has 0 spiro atoms. The minimum Gasteiger partial charge on any atom is -0.453 e. The third kappa shape index (κ3) is 11.7. The zero-order valence-electron chi connectivity index (χ0n) is 28.0. The van der Waals surface area contributed by atoms with Gasteiger partial charge in [-0.15, -0.1) is 18.3 Å². The number of benzene rings is 2. The number of hydrogen-bond acceptors (Lipinski definition) is 10. The van der Waals surface area contributed by atoms with Gasteiger partial charge in [0.15, 0.2) is 5.15 Å². The summed E-state index contributed by atoms with van der Waals surface area (Å²) in [4.78, 5) is 52.4. The first-order chi connectivity index (χ1) is 24.7. The maximum Gasteiger partial charge on any atom is 0.575 e. The second-order valence-corrected chi connectivity index (χ2v) is 12.2. The van der Waals surface area contributed by atoms with Crippen molar-refractivity contribution in [2.24, 2.45) is 0 Å². The van der Waals surface area contributed by atoms with Crippen LogP contribution in [-0.2, 0) is 19.1 Å². The molecule has 14 nitrogen and oxygen atoms in total. The van der Waals surface area contributed by atoms with Gasteiger partial charge in [0.1, 0.15) is 6.04 Å². The zero-order chi connectivity index (χ0) is 37.8. The summed E-state index contributed by atoms with van der Waals surface area (Å²) in [7, 11) is 1.29. The smallest absolute Gasteiger partial charge is 0.453 e. The summed E-state index contributed by atoms with van der Waals surface area (Å²) in [6, 6.07) is 13.5. The van der Waals surface area contributed by atoms with Gasteiger partial charge in [-0.2, -0.15) is 0 Å². The summed E-state index contributed by atoms with van der Waals surface area (Å²) in [5.74, 6) is -1.50. The highest BCUT2D eigenvalue weighted by atomic mass is 35.5. The van der Waals surface area contributed by atoms with Crippen molar-refractivity contribution in [2.75, 3.05) is 25.5 Å². The summed E-state index contributed by atoms with van der Waals surface area (Å²) in [5.41, 5.74) is 3.06. The van der Waals surface area contributed by atoms with Crippen molar-refractivity contribution in [2.45, 2.75) is 57.5 Å². The molecule has 0 radical (unpaired) electrons. The highest BCUT2D eigenvalue weighted by Crippen LogP contribution is 2.30. The van der Waals surface area contributed by atoms with E-state index in [2.05, 4.69) is 40.7 Å². The van der Waals surface area contributed by atoms with E-state index < -0.39 is 24.5 Å². The molecule has 3 N–H and O–H groups in total. The van der Waals surface area contributed by atoms with E-state index in [1.807, 2.05) is 24.3 Å². The first-order valence-electron chi connectivity index (χ1n) is 15.9. The molecule has 0 saturated heterocycles. The molecule has 1 aliphatic rings. The van der Waals surface area contributed by atoms with Crippen molar-refractivity contribution in [1.82, 2.24) is 35.2 Å². The molecule has 5 rings (SSSR count). The largest absolute Gasteiger partial charge is 0.575 e. The molecule has 0 saturated carbocycles. The molecule has 4 aromatic rings. The van der Waals surface area contributed by atoms with E-state index in [1.54, 1.807) is 35.3 Å². The minimum absolute atomic E-state index is 0.151. The van der Waals surface area contributed by atoms with Crippen LogP contribution < -0.4 is 21.5 Å². The number of halogens is 5. The Hall–Kier alpha value is -5.16. The average molecular weight is 768 g/mol. The molecule has 2 bridgehead atoms. The SMILES string of the molecule is CC(=O)OC(F)(F)F.COC(=O)NCC[C@H]1Nc2cccc(c2)[C@@H](n2cnc(-c3cc(Cl)ccc3-n3cc(Cl)nn3)cc2=O)CCCCCNC1=O. The number of ether oxygens (including phenoxy) is 2. The average Bonchev–Trinajstić information content (AvgIpc) is 3.52. The Morgan fingerprint density at radius 1 is 1.08 bits per heavy atom. The lowest BCUT2D eigenvalue weighted by Crippen LogP contribution is -2.42. The summed E-state index contributed by atoms with van der Waals surface area (Å²) >= 11 is 12.3. The van der Waals surface area contributed by atoms with E-state index in [1.165, 1.54) is 17.9 Å². The van der Waals surface area contributed by atoms with Crippen LogP contribution in [0.1, 0.15) is 50.6 Å². The Bertz CT molecular complexity index is 1920. The predicted molar refractivity (Wildman–Crippen MR) is 185 cm³/mol. The lowest BCUT2D eigenvalue weighted by Gasteiger charge is -2.22. The van der Waals surface area contributed by atoms with Crippen LogP contribution in [0.3, 0.4) is 0 Å². The number of alkyl carbamates (subject to hydrolysis) is 1. The van der Waals surface area contributed by atoms with Gasteiger partial charge < -0.3 is 25.4 Å². The van der Waals surface area contributed by atoms with Crippen molar-refractivity contribution in [3.05, 3.63) is 87.1 Å². The van der Waals surface area contributed by atoms with Gasteiger partial charge in [-0.3, -0.25) is 19.0 Å². The molecule has 0 fully saturated rings. The molecule has 2 aromatic carbocycles. The Morgan fingerprint density at radius 3 is 2.52 bits per heavy atom. The molecule has 278 valence electrons. The van der Waals surface area contributed by atoms with Crippen molar-refractivity contribution in [1.29, 1.82) is 0 Å². The molecule has 2 amide bonds. The Balaban J connectivity index is 0.000000677. The van der Waals surface area contributed by atoms with Gasteiger partial charge in [0, 0.05) is 42.4 Å². The Morgan fingerprint density at radius 2 is 1.87 bits per heavy atom. The van der Waals surface area contributed by atoms with E-state index in [0.29, 0.717) is 48.3 Å². The summed E-state index contributed by atoms with van der Waals surface area (Å²) in [6.45, 7) is 1.47. The molecule has 0 unspecified atom stereocenters. The Labute approximate surface area is 305 Å². The van der Waals surface area contributed by atoms with Crippen molar-refractivity contribution in [3.63, 3.8) is 0 Å². The number of nitrogens with zero attached hydrogens (tertiary/aromatic N) is 5. The molecular formula is C33H35Cl2F3N8O6. The van der Waals surface area contributed by atoms with E-state index in [-0.39, 0.29) is 29.2 Å². The van der Waals surface area contributed by atoms with E-state index in [4.69, 9.17) is 23.2 Å². The fraction of sp³-hybridized carbons (Fsp3) is 0.364. The molecule has 0 aliphatic carbocycles. The van der Waals surface area contributed by atoms with Crippen molar-refractivity contribution >= 4 is 46.9 Å². The number of methoxy groups -OCH3 is 1. The molecule has 3 heterocycles. The molecule has 2 aromatic heterocycles. The number of fused-ring (bicyclic) bond motifs is 2. The van der Waals surface area contributed by atoms with Gasteiger partial charge in [0.05, 0.1) is 37.1 Å². The normalized spacial score (nSPS) is 16.3. The third-order valence-electron chi connectivity index (χ3n) is 7.65. The second-order valence-electron chi connectivity index (χ2n) is 11.4. The zero-order valence-corrected chi connectivity index (χ0v) is 29.5. The number of carbonyl (C=O) groups excluding carboxylic acids is 3. The van der Waals surface area contributed by atoms with Crippen LogP contribution in [0, 0.1) is 0 Å². The number of anilines is 1. The maximum atomic E-state index is 13.7. The molecule has 52 heavy (non-hydrogen) atoms. The number of amides is 2. The van der Waals surface area contributed by atoms with Crippen LogP contribution in [0.2, 0.25) is 10.2 Å². The summed E-state index contributed by atoms with van der Waals surface area (Å²) in [6.07, 6.45) is 1.29. The van der Waals surface area contributed by atoms with Crippen molar-refractivity contribution < 1.29 is 37.0 Å². The highest BCUT2D eigenvalue weighted by molar-refractivity contribution is 6.31. The molecule has 19 heteroatoms. The lowest BCUT2D eigenvalue weighted by atomic mass is 9.99. The molecular weight excluding hydrogens is 732 g/mol. The van der Waals surface area contributed by atoms with Crippen molar-refractivity contribution in [3.8, 4) is 16.9 Å². The minimum atomic E-state index is -4.83. The monoisotopic (exact) mass is 766 g/mol. The van der Waals surface area contributed by atoms with Crippen LogP contribution in [0.4, 0.5) is 23.7 Å². The van der Waals surface area contributed by atoms with Crippen LogP contribution >= 0.6 is 23.2 Å². The van der Waals surface area contributed by atoms with Gasteiger partial charge in [-0.25, -0.2) is 14.5 Å². The predicted octanol–water partition coefficient (Wildman–Crippen LogP) is 5.67. The topological polar surface area (TPSA) is 171 Å². The quantitative estimate of drug-likeness (QED) is 0.208. The van der Waals surface area contributed by atoms with E-state index in [9.17, 15) is 32.3 Å². The Kier molecular flexibility index (Phi) is 14.0. The van der Waals surface area contributed by atoms with Crippen LogP contribution in [0.15, 0.2) is 65.8 Å². The number of rotatable bonds is 6.